The Morgan fingerprint density at radius 3 is 2.72 bits per heavy atom. The van der Waals surface area contributed by atoms with Crippen LogP contribution >= 0.6 is 11.6 Å². The Morgan fingerprint density at radius 1 is 1.44 bits per heavy atom. The fourth-order valence-electron chi connectivity index (χ4n) is 2.19. The molecule has 1 aliphatic heterocycles. The summed E-state index contributed by atoms with van der Waals surface area (Å²) in [6, 6.07) is 6.77. The van der Waals surface area contributed by atoms with Crippen LogP contribution in [0, 0.1) is 0 Å². The number of nitrogens with zero attached hydrogens (tertiary/aromatic N) is 1. The number of rotatable bonds is 3. The van der Waals surface area contributed by atoms with Crippen LogP contribution in [0.5, 0.6) is 0 Å². The van der Waals surface area contributed by atoms with E-state index in [1.807, 2.05) is 6.92 Å². The van der Waals surface area contributed by atoms with Crippen molar-refractivity contribution in [3.63, 3.8) is 0 Å². The molecule has 1 fully saturated rings. The molecule has 0 radical (unpaired) electrons. The number of hydrogen-bond donors (Lipinski definition) is 2. The maximum absolute atomic E-state index is 12.2. The van der Waals surface area contributed by atoms with Crippen molar-refractivity contribution in [2.24, 2.45) is 0 Å². The second-order valence-corrected chi connectivity index (χ2v) is 4.88. The molecule has 1 heterocycles. The lowest BCUT2D eigenvalue weighted by Gasteiger charge is -2.16. The van der Waals surface area contributed by atoms with Gasteiger partial charge in [-0.1, -0.05) is 18.5 Å². The third-order valence-corrected chi connectivity index (χ3v) is 3.39. The number of benzene rings is 1. The molecule has 1 aromatic rings. The highest BCUT2D eigenvalue weighted by molar-refractivity contribution is 6.30. The third kappa shape index (κ3) is 2.83. The Labute approximate surface area is 112 Å². The summed E-state index contributed by atoms with van der Waals surface area (Å²) >= 11 is 5.79. The maximum Gasteiger partial charge on any atom is 0.253 e. The van der Waals surface area contributed by atoms with Gasteiger partial charge in [0.2, 0.25) is 0 Å². The van der Waals surface area contributed by atoms with E-state index in [9.17, 15) is 9.90 Å². The molecule has 0 saturated carbocycles. The molecule has 0 spiro atoms. The smallest absolute Gasteiger partial charge is 0.253 e. The molecule has 1 saturated heterocycles. The number of β-amino-alcohol motifs (C(OH)–C–C–N with tert-alkyl or cyclic N) is 1. The minimum absolute atomic E-state index is 0.0359. The number of likely N-dealkylation sites (tertiary alicyclic amines) is 1. The molecule has 1 aliphatic rings. The molecule has 5 heteroatoms. The normalized spacial score (nSPS) is 23.4. The molecule has 2 N–H and O–H groups in total. The van der Waals surface area contributed by atoms with Crippen molar-refractivity contribution >= 4 is 17.5 Å². The van der Waals surface area contributed by atoms with Gasteiger partial charge in [-0.05, 0) is 30.8 Å². The number of aliphatic hydroxyl groups is 1. The molecule has 2 rings (SSSR count). The van der Waals surface area contributed by atoms with Crippen molar-refractivity contribution in [3.8, 4) is 0 Å². The summed E-state index contributed by atoms with van der Waals surface area (Å²) in [5.74, 6) is -0.0638. The zero-order valence-corrected chi connectivity index (χ0v) is 11.0. The van der Waals surface area contributed by atoms with Crippen LogP contribution in [0.25, 0.3) is 0 Å². The van der Waals surface area contributed by atoms with Gasteiger partial charge in [-0.3, -0.25) is 4.79 Å². The van der Waals surface area contributed by atoms with Gasteiger partial charge in [-0.15, -0.1) is 0 Å². The van der Waals surface area contributed by atoms with Gasteiger partial charge in [-0.2, -0.15) is 0 Å². The zero-order valence-electron chi connectivity index (χ0n) is 10.3. The first-order valence-corrected chi connectivity index (χ1v) is 6.46. The lowest BCUT2D eigenvalue weighted by Crippen LogP contribution is -2.39. The summed E-state index contributed by atoms with van der Waals surface area (Å²) in [5.41, 5.74) is 0.601. The summed E-state index contributed by atoms with van der Waals surface area (Å²) < 4.78 is 0. The van der Waals surface area contributed by atoms with E-state index in [0.717, 1.165) is 6.54 Å². The summed E-state index contributed by atoms with van der Waals surface area (Å²) in [6.07, 6.45) is -0.499. The van der Waals surface area contributed by atoms with E-state index >= 15 is 0 Å². The number of carbonyl (C=O) groups excluding carboxylic acids is 1. The van der Waals surface area contributed by atoms with Gasteiger partial charge >= 0.3 is 0 Å². The highest BCUT2D eigenvalue weighted by Gasteiger charge is 2.33. The minimum Gasteiger partial charge on any atom is -0.390 e. The number of likely N-dealkylation sites (N-methyl/N-ethyl adjacent to an activating group) is 1. The summed E-state index contributed by atoms with van der Waals surface area (Å²) in [6.45, 7) is 3.68. The predicted octanol–water partition coefficient (Wildman–Crippen LogP) is 1.13. The average Bonchev–Trinajstić information content (AvgIpc) is 2.72. The van der Waals surface area contributed by atoms with Crippen LogP contribution in [0.3, 0.4) is 0 Å². The lowest BCUT2D eigenvalue weighted by atomic mass is 10.2. The van der Waals surface area contributed by atoms with Crippen LogP contribution < -0.4 is 5.32 Å². The lowest BCUT2D eigenvalue weighted by molar-refractivity contribution is 0.0765. The Morgan fingerprint density at radius 2 is 2.11 bits per heavy atom. The largest absolute Gasteiger partial charge is 0.390 e. The molecule has 0 aromatic heterocycles. The van der Waals surface area contributed by atoms with E-state index in [0.29, 0.717) is 23.7 Å². The SMILES string of the molecule is CCNC1CN(C(=O)c2ccc(Cl)cc2)CC1O. The van der Waals surface area contributed by atoms with Gasteiger partial charge in [-0.25, -0.2) is 0 Å². The van der Waals surface area contributed by atoms with E-state index in [2.05, 4.69) is 5.32 Å². The monoisotopic (exact) mass is 268 g/mol. The Hall–Kier alpha value is -1.10. The zero-order chi connectivity index (χ0) is 13.1. The molecule has 18 heavy (non-hydrogen) atoms. The van der Waals surface area contributed by atoms with Crippen molar-refractivity contribution in [2.45, 2.75) is 19.1 Å². The molecule has 1 amide bonds. The molecule has 2 atom stereocenters. The molecule has 1 aromatic carbocycles. The molecule has 0 aliphatic carbocycles. The first-order valence-electron chi connectivity index (χ1n) is 6.08. The topological polar surface area (TPSA) is 52.6 Å². The number of amides is 1. The van der Waals surface area contributed by atoms with Gasteiger partial charge in [0.1, 0.15) is 0 Å². The summed E-state index contributed by atoms with van der Waals surface area (Å²) in [5, 5.41) is 13.6. The van der Waals surface area contributed by atoms with Crippen molar-refractivity contribution in [1.82, 2.24) is 10.2 Å². The fraction of sp³-hybridized carbons (Fsp3) is 0.462. The predicted molar refractivity (Wildman–Crippen MR) is 70.8 cm³/mol. The number of aliphatic hydroxyl groups excluding tert-OH is 1. The van der Waals surface area contributed by atoms with E-state index in [4.69, 9.17) is 11.6 Å². The number of halogens is 1. The van der Waals surface area contributed by atoms with Crippen molar-refractivity contribution in [1.29, 1.82) is 0 Å². The molecular formula is C13H17ClN2O2. The molecule has 0 bridgehead atoms. The van der Waals surface area contributed by atoms with Gasteiger partial charge in [0.25, 0.3) is 5.91 Å². The van der Waals surface area contributed by atoms with Crippen LogP contribution in [0.2, 0.25) is 5.02 Å². The Balaban J connectivity index is 2.04. The summed E-state index contributed by atoms with van der Waals surface area (Å²) in [7, 11) is 0. The highest BCUT2D eigenvalue weighted by atomic mass is 35.5. The van der Waals surface area contributed by atoms with E-state index in [-0.39, 0.29) is 11.9 Å². The average molecular weight is 269 g/mol. The van der Waals surface area contributed by atoms with Gasteiger partial charge in [0.15, 0.2) is 0 Å². The van der Waals surface area contributed by atoms with E-state index in [1.54, 1.807) is 29.2 Å². The Kier molecular flexibility index (Phi) is 4.22. The molecular weight excluding hydrogens is 252 g/mol. The quantitative estimate of drug-likeness (QED) is 0.864. The van der Waals surface area contributed by atoms with Crippen LogP contribution in [0.1, 0.15) is 17.3 Å². The maximum atomic E-state index is 12.2. The minimum atomic E-state index is -0.499. The number of carbonyl (C=O) groups is 1. The van der Waals surface area contributed by atoms with Crippen molar-refractivity contribution in [2.75, 3.05) is 19.6 Å². The highest BCUT2D eigenvalue weighted by Crippen LogP contribution is 2.16. The van der Waals surface area contributed by atoms with Gasteiger partial charge in [0, 0.05) is 23.7 Å². The van der Waals surface area contributed by atoms with Crippen molar-refractivity contribution in [3.05, 3.63) is 34.9 Å². The first-order chi connectivity index (χ1) is 8.61. The first kappa shape index (κ1) is 13.3. The fourth-order valence-corrected chi connectivity index (χ4v) is 2.32. The van der Waals surface area contributed by atoms with Crippen LogP contribution in [0.4, 0.5) is 0 Å². The number of hydrogen-bond acceptors (Lipinski definition) is 3. The van der Waals surface area contributed by atoms with Crippen LogP contribution in [-0.4, -0.2) is 47.7 Å². The summed E-state index contributed by atoms with van der Waals surface area (Å²) in [4.78, 5) is 13.9. The second kappa shape index (κ2) is 5.69. The molecule has 98 valence electrons. The molecule has 4 nitrogen and oxygen atoms in total. The standard InChI is InChI=1S/C13H17ClN2O2/c1-2-15-11-7-16(8-12(11)17)13(18)9-3-5-10(14)6-4-9/h3-6,11-12,15,17H,2,7-8H2,1H3. The van der Waals surface area contributed by atoms with Gasteiger partial charge < -0.3 is 15.3 Å². The third-order valence-electron chi connectivity index (χ3n) is 3.13. The number of nitrogens with one attached hydrogen (secondary N) is 1. The van der Waals surface area contributed by atoms with Crippen molar-refractivity contribution < 1.29 is 9.90 Å². The van der Waals surface area contributed by atoms with E-state index < -0.39 is 6.10 Å². The van der Waals surface area contributed by atoms with E-state index in [1.165, 1.54) is 0 Å². The van der Waals surface area contributed by atoms with Gasteiger partial charge in [0.05, 0.1) is 12.1 Å². The second-order valence-electron chi connectivity index (χ2n) is 4.45. The Bertz CT molecular complexity index is 422. The molecule has 2 unspecified atom stereocenters. The van der Waals surface area contributed by atoms with Crippen LogP contribution in [0.15, 0.2) is 24.3 Å². The van der Waals surface area contributed by atoms with Crippen LogP contribution in [-0.2, 0) is 0 Å².